The van der Waals surface area contributed by atoms with Crippen molar-refractivity contribution in [2.45, 2.75) is 63.8 Å². The number of nitrogens with one attached hydrogen (secondary N) is 2. The van der Waals surface area contributed by atoms with Gasteiger partial charge in [0.05, 0.1) is 6.04 Å². The maximum Gasteiger partial charge on any atom is 0.249 e. The van der Waals surface area contributed by atoms with Crippen LogP contribution in [-0.2, 0) is 20.9 Å². The molecule has 7 heteroatoms. The van der Waals surface area contributed by atoms with Gasteiger partial charge in [-0.2, -0.15) is 0 Å². The van der Waals surface area contributed by atoms with E-state index in [1.165, 1.54) is 13.5 Å². The molecule has 2 aromatic carbocycles. The fourth-order valence-electron chi connectivity index (χ4n) is 4.40. The van der Waals surface area contributed by atoms with Crippen LogP contribution in [0.2, 0.25) is 0 Å². The summed E-state index contributed by atoms with van der Waals surface area (Å²) < 4.78 is 11.1. The summed E-state index contributed by atoms with van der Waals surface area (Å²) >= 11 is 0. The highest BCUT2D eigenvalue weighted by Crippen LogP contribution is 2.33. The van der Waals surface area contributed by atoms with Crippen LogP contribution in [0.4, 0.5) is 0 Å². The number of para-hydroxylation sites is 1. The minimum atomic E-state index is -1.29. The maximum absolute atomic E-state index is 12.9. The number of hydrogen-bond donors (Lipinski definition) is 3. The Morgan fingerprint density at radius 2 is 1.71 bits per heavy atom. The summed E-state index contributed by atoms with van der Waals surface area (Å²) in [5.41, 5.74) is 1.71. The zero-order chi connectivity index (χ0) is 24.3. The maximum atomic E-state index is 12.9. The van der Waals surface area contributed by atoms with Gasteiger partial charge in [-0.3, -0.25) is 9.59 Å². The Morgan fingerprint density at radius 1 is 1.03 bits per heavy atom. The molecular weight excluding hydrogens is 432 g/mol. The van der Waals surface area contributed by atoms with Crippen molar-refractivity contribution in [2.75, 3.05) is 13.7 Å². The van der Waals surface area contributed by atoms with Crippen molar-refractivity contribution < 1.29 is 24.2 Å². The van der Waals surface area contributed by atoms with Crippen LogP contribution in [0.1, 0.15) is 56.2 Å². The molecule has 0 spiro atoms. The molecule has 0 unspecified atom stereocenters. The van der Waals surface area contributed by atoms with Crippen LogP contribution in [0.25, 0.3) is 0 Å². The quantitative estimate of drug-likeness (QED) is 0.469. The Hall–Kier alpha value is -2.90. The first-order valence-corrected chi connectivity index (χ1v) is 12.0. The fourth-order valence-corrected chi connectivity index (χ4v) is 4.40. The van der Waals surface area contributed by atoms with Crippen LogP contribution in [0.15, 0.2) is 54.6 Å². The van der Waals surface area contributed by atoms with E-state index in [-0.39, 0.29) is 18.6 Å². The number of carbonyl (C=O) groups excluding carboxylic acids is 2. The van der Waals surface area contributed by atoms with Crippen molar-refractivity contribution in [1.82, 2.24) is 10.6 Å². The third kappa shape index (κ3) is 7.30. The zero-order valence-electron chi connectivity index (χ0n) is 20.0. The number of rotatable bonds is 11. The number of benzene rings is 2. The minimum Gasteiger partial charge on any atom is -0.489 e. The zero-order valence-corrected chi connectivity index (χ0v) is 20.0. The fraction of sp³-hybridized carbons (Fsp3) is 0.481. The van der Waals surface area contributed by atoms with E-state index in [9.17, 15) is 14.7 Å². The predicted octanol–water partition coefficient (Wildman–Crippen LogP) is 3.52. The van der Waals surface area contributed by atoms with Crippen LogP contribution in [-0.4, -0.2) is 42.8 Å². The Kier molecular flexibility index (Phi) is 9.91. The van der Waals surface area contributed by atoms with Gasteiger partial charge in [-0.15, -0.1) is 0 Å². The molecule has 0 bridgehead atoms. The van der Waals surface area contributed by atoms with Crippen molar-refractivity contribution in [3.8, 4) is 5.75 Å². The summed E-state index contributed by atoms with van der Waals surface area (Å²) in [6.07, 6.45) is 3.90. The van der Waals surface area contributed by atoms with Crippen molar-refractivity contribution in [1.29, 1.82) is 0 Å². The lowest BCUT2D eigenvalue weighted by atomic mass is 9.88. The first kappa shape index (κ1) is 25.7. The number of carbonyl (C=O) groups is 2. The van der Waals surface area contributed by atoms with Crippen molar-refractivity contribution >= 4 is 11.8 Å². The summed E-state index contributed by atoms with van der Waals surface area (Å²) in [7, 11) is 1.45. The average Bonchev–Trinajstić information content (AvgIpc) is 2.87. The van der Waals surface area contributed by atoms with Crippen LogP contribution < -0.4 is 15.4 Å². The first-order chi connectivity index (χ1) is 16.5. The highest BCUT2D eigenvalue weighted by molar-refractivity contribution is 5.82. The molecule has 3 N–H and O–H groups in total. The average molecular weight is 469 g/mol. The number of aliphatic hydroxyl groups excluding tert-OH is 1. The second kappa shape index (κ2) is 13.1. The normalized spacial score (nSPS) is 16.8. The van der Waals surface area contributed by atoms with Gasteiger partial charge in [0.25, 0.3) is 0 Å². The largest absolute Gasteiger partial charge is 0.489 e. The minimum absolute atomic E-state index is 0.0890. The Bertz CT molecular complexity index is 914. The van der Waals surface area contributed by atoms with E-state index in [1.54, 1.807) is 6.92 Å². The van der Waals surface area contributed by atoms with E-state index in [2.05, 4.69) is 10.6 Å². The molecule has 2 aromatic rings. The molecule has 1 aliphatic rings. The summed E-state index contributed by atoms with van der Waals surface area (Å²) in [4.78, 5) is 25.3. The molecule has 0 saturated heterocycles. The van der Waals surface area contributed by atoms with E-state index in [4.69, 9.17) is 9.47 Å². The molecular formula is C27H36N2O5. The molecule has 1 saturated carbocycles. The molecule has 0 aliphatic heterocycles. The number of aliphatic hydroxyl groups is 1. The van der Waals surface area contributed by atoms with Gasteiger partial charge in [-0.1, -0.05) is 74.7 Å². The van der Waals surface area contributed by atoms with Crippen LogP contribution in [0, 0.1) is 5.92 Å². The topological polar surface area (TPSA) is 96.9 Å². The van der Waals surface area contributed by atoms with Crippen molar-refractivity contribution in [2.24, 2.45) is 5.92 Å². The lowest BCUT2D eigenvalue weighted by Gasteiger charge is -2.31. The van der Waals surface area contributed by atoms with E-state index in [1.807, 2.05) is 54.6 Å². The van der Waals surface area contributed by atoms with E-state index in [0.29, 0.717) is 17.9 Å². The van der Waals surface area contributed by atoms with Crippen molar-refractivity contribution in [3.05, 3.63) is 65.7 Å². The molecule has 1 fully saturated rings. The number of hydrogen-bond acceptors (Lipinski definition) is 5. The molecule has 0 aromatic heterocycles. The standard InChI is InChI=1S/C27H36N2O5/c1-19(26(31)27(32)28-21-13-7-4-8-14-21)25(29-24(30)18-33-2)22-15-9-10-16-23(22)34-17-20-11-5-3-6-12-20/h3,5-6,9-12,15-16,19,21,25-26,31H,4,7-8,13-14,17-18H2,1-2H3,(H,28,32)(H,29,30)/t19-,25-,26-/m0/s1. The van der Waals surface area contributed by atoms with Gasteiger partial charge in [0.15, 0.2) is 0 Å². The number of methoxy groups -OCH3 is 1. The Labute approximate surface area is 201 Å². The molecule has 0 heterocycles. The number of amides is 2. The van der Waals surface area contributed by atoms with E-state index in [0.717, 1.165) is 31.2 Å². The lowest BCUT2D eigenvalue weighted by Crippen LogP contribution is -2.48. The predicted molar refractivity (Wildman–Crippen MR) is 130 cm³/mol. The van der Waals surface area contributed by atoms with Gasteiger partial charge >= 0.3 is 0 Å². The number of ether oxygens (including phenoxy) is 2. The monoisotopic (exact) mass is 468 g/mol. The molecule has 1 aliphatic carbocycles. The second-order valence-electron chi connectivity index (χ2n) is 8.94. The summed E-state index contributed by atoms with van der Waals surface area (Å²) in [6, 6.07) is 16.6. The summed E-state index contributed by atoms with van der Waals surface area (Å²) in [5.74, 6) is -0.767. The van der Waals surface area contributed by atoms with Gasteiger partial charge in [-0.25, -0.2) is 0 Å². The summed E-state index contributed by atoms with van der Waals surface area (Å²) in [5, 5.41) is 16.9. The molecule has 184 valence electrons. The Morgan fingerprint density at radius 3 is 2.41 bits per heavy atom. The van der Waals surface area contributed by atoms with E-state index >= 15 is 0 Å². The highest BCUT2D eigenvalue weighted by atomic mass is 16.5. The van der Waals surface area contributed by atoms with E-state index < -0.39 is 24.0 Å². The van der Waals surface area contributed by atoms with Gasteiger partial charge in [0, 0.05) is 24.6 Å². The molecule has 0 radical (unpaired) electrons. The smallest absolute Gasteiger partial charge is 0.249 e. The van der Waals surface area contributed by atoms with Gasteiger partial charge in [0.2, 0.25) is 11.8 Å². The van der Waals surface area contributed by atoms with Gasteiger partial charge in [-0.05, 0) is 24.5 Å². The first-order valence-electron chi connectivity index (χ1n) is 12.0. The molecule has 34 heavy (non-hydrogen) atoms. The second-order valence-corrected chi connectivity index (χ2v) is 8.94. The molecule has 3 rings (SSSR count). The highest BCUT2D eigenvalue weighted by Gasteiger charge is 2.34. The van der Waals surface area contributed by atoms with Gasteiger partial charge < -0.3 is 25.2 Å². The Balaban J connectivity index is 1.79. The van der Waals surface area contributed by atoms with Gasteiger partial charge in [0.1, 0.15) is 25.1 Å². The van der Waals surface area contributed by atoms with Crippen LogP contribution in [0.3, 0.4) is 0 Å². The third-order valence-corrected chi connectivity index (χ3v) is 6.33. The third-order valence-electron chi connectivity index (χ3n) is 6.33. The molecule has 7 nitrogen and oxygen atoms in total. The molecule has 2 amide bonds. The molecule has 3 atom stereocenters. The van der Waals surface area contributed by atoms with Crippen LogP contribution in [0.5, 0.6) is 5.75 Å². The van der Waals surface area contributed by atoms with Crippen molar-refractivity contribution in [3.63, 3.8) is 0 Å². The lowest BCUT2D eigenvalue weighted by molar-refractivity contribution is -0.135. The summed E-state index contributed by atoms with van der Waals surface area (Å²) in [6.45, 7) is 1.99. The SMILES string of the molecule is COCC(=O)N[C@H](c1ccccc1OCc1ccccc1)[C@H](C)[C@H](O)C(=O)NC1CCCCC1. The van der Waals surface area contributed by atoms with Crippen LogP contribution >= 0.6 is 0 Å².